The molecule has 1 atom stereocenters. The van der Waals surface area contributed by atoms with Gasteiger partial charge in [-0.1, -0.05) is 17.7 Å². The number of hydrogen-bond acceptors (Lipinski definition) is 4. The maximum absolute atomic E-state index is 12.3. The van der Waals surface area contributed by atoms with Crippen molar-refractivity contribution in [3.8, 4) is 5.75 Å². The molecule has 1 aliphatic rings. The summed E-state index contributed by atoms with van der Waals surface area (Å²) in [6.07, 6.45) is 2.11. The molecule has 1 saturated heterocycles. The molecular formula is C18H25ClN2O4. The minimum atomic E-state index is -0.477. The van der Waals surface area contributed by atoms with Crippen LogP contribution in [0.3, 0.4) is 0 Å². The SMILES string of the molecule is COCCC(=O)N1CCCC(COc2cccc(Cl)c2)(CC(N)=O)C1. The second kappa shape index (κ2) is 9.06. The van der Waals surface area contributed by atoms with Gasteiger partial charge in [0, 0.05) is 37.1 Å². The van der Waals surface area contributed by atoms with Gasteiger partial charge in [-0.05, 0) is 31.0 Å². The molecule has 0 spiro atoms. The summed E-state index contributed by atoms with van der Waals surface area (Å²) in [4.78, 5) is 25.7. The van der Waals surface area contributed by atoms with Gasteiger partial charge < -0.3 is 20.1 Å². The molecule has 1 aromatic rings. The lowest BCUT2D eigenvalue weighted by Gasteiger charge is -2.42. The number of nitrogens with two attached hydrogens (primary N) is 1. The van der Waals surface area contributed by atoms with E-state index in [-0.39, 0.29) is 18.2 Å². The lowest BCUT2D eigenvalue weighted by atomic mass is 9.77. The van der Waals surface area contributed by atoms with Gasteiger partial charge in [0.05, 0.1) is 19.6 Å². The lowest BCUT2D eigenvalue weighted by Crippen LogP contribution is -2.50. The molecule has 1 fully saturated rings. The quantitative estimate of drug-likeness (QED) is 0.762. The topological polar surface area (TPSA) is 81.9 Å². The third kappa shape index (κ3) is 5.90. The molecule has 7 heteroatoms. The van der Waals surface area contributed by atoms with Crippen molar-refractivity contribution >= 4 is 23.4 Å². The maximum Gasteiger partial charge on any atom is 0.224 e. The molecule has 0 bridgehead atoms. The third-order valence-electron chi connectivity index (χ3n) is 4.42. The molecule has 6 nitrogen and oxygen atoms in total. The summed E-state index contributed by atoms with van der Waals surface area (Å²) in [5.74, 6) is 0.276. The predicted molar refractivity (Wildman–Crippen MR) is 95.5 cm³/mol. The Bertz CT molecular complexity index is 610. The third-order valence-corrected chi connectivity index (χ3v) is 4.66. The molecule has 138 valence electrons. The van der Waals surface area contributed by atoms with Gasteiger partial charge in [-0.3, -0.25) is 9.59 Å². The van der Waals surface area contributed by atoms with Crippen molar-refractivity contribution in [3.05, 3.63) is 29.3 Å². The summed E-state index contributed by atoms with van der Waals surface area (Å²) in [5.41, 5.74) is 4.99. The van der Waals surface area contributed by atoms with Crippen LogP contribution in [0.5, 0.6) is 5.75 Å². The number of likely N-dealkylation sites (tertiary alicyclic amines) is 1. The first-order chi connectivity index (χ1) is 11.9. The molecule has 1 unspecified atom stereocenters. The Hall–Kier alpha value is -1.79. The molecular weight excluding hydrogens is 344 g/mol. The van der Waals surface area contributed by atoms with E-state index in [1.54, 1.807) is 30.2 Å². The summed E-state index contributed by atoms with van der Waals surface area (Å²) in [6.45, 7) is 1.83. The van der Waals surface area contributed by atoms with Gasteiger partial charge in [0.2, 0.25) is 11.8 Å². The summed E-state index contributed by atoms with van der Waals surface area (Å²) >= 11 is 5.98. The zero-order valence-corrected chi connectivity index (χ0v) is 15.3. The lowest BCUT2D eigenvalue weighted by molar-refractivity contribution is -0.138. The zero-order chi connectivity index (χ0) is 18.3. The number of primary amides is 1. The van der Waals surface area contributed by atoms with E-state index in [1.807, 2.05) is 6.07 Å². The first-order valence-corrected chi connectivity index (χ1v) is 8.75. The molecule has 25 heavy (non-hydrogen) atoms. The van der Waals surface area contributed by atoms with Crippen LogP contribution in [0, 0.1) is 5.41 Å². The van der Waals surface area contributed by atoms with Crippen LogP contribution in [0.1, 0.15) is 25.7 Å². The second-order valence-electron chi connectivity index (χ2n) is 6.55. The predicted octanol–water partition coefficient (Wildman–Crippen LogP) is 2.24. The Labute approximate surface area is 153 Å². The van der Waals surface area contributed by atoms with Gasteiger partial charge in [0.1, 0.15) is 5.75 Å². The highest BCUT2D eigenvalue weighted by atomic mass is 35.5. The van der Waals surface area contributed by atoms with Crippen molar-refractivity contribution in [1.82, 2.24) is 4.90 Å². The van der Waals surface area contributed by atoms with Crippen LogP contribution in [0.4, 0.5) is 0 Å². The highest BCUT2D eigenvalue weighted by molar-refractivity contribution is 6.30. The average molecular weight is 369 g/mol. The van der Waals surface area contributed by atoms with Crippen LogP contribution >= 0.6 is 11.6 Å². The number of carbonyl (C=O) groups excluding carboxylic acids is 2. The molecule has 0 aromatic heterocycles. The first kappa shape index (κ1) is 19.5. The molecule has 1 heterocycles. The fraction of sp³-hybridized carbons (Fsp3) is 0.556. The Morgan fingerprint density at radius 3 is 2.88 bits per heavy atom. The Morgan fingerprint density at radius 1 is 1.40 bits per heavy atom. The van der Waals surface area contributed by atoms with E-state index >= 15 is 0 Å². The standard InChI is InChI=1S/C18H25ClN2O4/c1-24-9-6-17(23)21-8-3-7-18(12-21,11-16(20)22)13-25-15-5-2-4-14(19)10-15/h2,4-5,10H,3,6-9,11-13H2,1H3,(H2,20,22). The minimum absolute atomic E-state index is 0.0261. The maximum atomic E-state index is 12.3. The van der Waals surface area contributed by atoms with Crippen molar-refractivity contribution in [1.29, 1.82) is 0 Å². The van der Waals surface area contributed by atoms with Gasteiger partial charge in [-0.15, -0.1) is 0 Å². The smallest absolute Gasteiger partial charge is 0.224 e. The van der Waals surface area contributed by atoms with Crippen LogP contribution in [-0.2, 0) is 14.3 Å². The molecule has 0 aliphatic carbocycles. The number of hydrogen-bond donors (Lipinski definition) is 1. The summed E-state index contributed by atoms with van der Waals surface area (Å²) in [5, 5.41) is 0.585. The largest absolute Gasteiger partial charge is 0.493 e. The fourth-order valence-corrected chi connectivity index (χ4v) is 3.42. The Kier molecular flexibility index (Phi) is 7.08. The van der Waals surface area contributed by atoms with E-state index in [9.17, 15) is 9.59 Å². The minimum Gasteiger partial charge on any atom is -0.493 e. The zero-order valence-electron chi connectivity index (χ0n) is 14.5. The van der Waals surface area contributed by atoms with Crippen molar-refractivity contribution in [2.24, 2.45) is 11.1 Å². The second-order valence-corrected chi connectivity index (χ2v) is 6.99. The average Bonchev–Trinajstić information content (AvgIpc) is 2.57. The summed E-state index contributed by atoms with van der Waals surface area (Å²) in [6, 6.07) is 7.11. The highest BCUT2D eigenvalue weighted by Crippen LogP contribution is 2.35. The van der Waals surface area contributed by atoms with E-state index in [2.05, 4.69) is 0 Å². The van der Waals surface area contributed by atoms with Gasteiger partial charge in [0.15, 0.2) is 0 Å². The molecule has 1 aliphatic heterocycles. The van der Waals surface area contributed by atoms with E-state index in [0.717, 1.165) is 12.8 Å². The van der Waals surface area contributed by atoms with Crippen molar-refractivity contribution < 1.29 is 19.1 Å². The first-order valence-electron chi connectivity index (χ1n) is 8.37. The number of benzene rings is 1. The van der Waals surface area contributed by atoms with E-state index in [0.29, 0.717) is 43.5 Å². The van der Waals surface area contributed by atoms with Crippen molar-refractivity contribution in [3.63, 3.8) is 0 Å². The van der Waals surface area contributed by atoms with Crippen LogP contribution in [-0.4, -0.2) is 50.1 Å². The molecule has 0 saturated carbocycles. The van der Waals surface area contributed by atoms with Crippen LogP contribution in [0.25, 0.3) is 0 Å². The summed E-state index contributed by atoms with van der Waals surface area (Å²) < 4.78 is 10.9. The highest BCUT2D eigenvalue weighted by Gasteiger charge is 2.39. The number of carbonyl (C=O) groups is 2. The van der Waals surface area contributed by atoms with Gasteiger partial charge in [-0.25, -0.2) is 0 Å². The van der Waals surface area contributed by atoms with Gasteiger partial charge >= 0.3 is 0 Å². The van der Waals surface area contributed by atoms with Gasteiger partial charge in [-0.2, -0.15) is 0 Å². The van der Waals surface area contributed by atoms with E-state index < -0.39 is 5.41 Å². The monoisotopic (exact) mass is 368 g/mol. The molecule has 2 N–H and O–H groups in total. The van der Waals surface area contributed by atoms with Gasteiger partial charge in [0.25, 0.3) is 0 Å². The number of amides is 2. The number of piperidine rings is 1. The number of ether oxygens (including phenoxy) is 2. The van der Waals surface area contributed by atoms with Crippen LogP contribution < -0.4 is 10.5 Å². The van der Waals surface area contributed by atoms with Crippen LogP contribution in [0.2, 0.25) is 5.02 Å². The molecule has 1 aromatic carbocycles. The fourth-order valence-electron chi connectivity index (χ4n) is 3.24. The van der Waals surface area contributed by atoms with Crippen LogP contribution in [0.15, 0.2) is 24.3 Å². The van der Waals surface area contributed by atoms with Crippen molar-refractivity contribution in [2.45, 2.75) is 25.7 Å². The van der Waals surface area contributed by atoms with Crippen molar-refractivity contribution in [2.75, 3.05) is 33.4 Å². The number of halogens is 1. The normalized spacial score (nSPS) is 20.3. The van der Waals surface area contributed by atoms with E-state index in [1.165, 1.54) is 0 Å². The molecule has 2 amide bonds. The van der Waals surface area contributed by atoms with E-state index in [4.69, 9.17) is 26.8 Å². The Morgan fingerprint density at radius 2 is 2.20 bits per heavy atom. The number of nitrogens with zero attached hydrogens (tertiary/aromatic N) is 1. The Balaban J connectivity index is 2.07. The molecule has 2 rings (SSSR count). The summed E-state index contributed by atoms with van der Waals surface area (Å²) in [7, 11) is 1.57. The molecule has 0 radical (unpaired) electrons. The number of methoxy groups -OCH3 is 1. The number of rotatable bonds is 8.